The highest BCUT2D eigenvalue weighted by Gasteiger charge is 2.39. The van der Waals surface area contributed by atoms with Crippen molar-refractivity contribution in [3.63, 3.8) is 0 Å². The van der Waals surface area contributed by atoms with Gasteiger partial charge in [-0.05, 0) is 32.1 Å². The highest BCUT2D eigenvalue weighted by atomic mass is 35.5. The average molecular weight is 265 g/mol. The number of hydrogen-bond acceptors (Lipinski definition) is 3. The predicted molar refractivity (Wildman–Crippen MR) is 71.4 cm³/mol. The maximum atomic E-state index is 12.4. The molecule has 2 saturated heterocycles. The molecule has 1 atom stereocenters. The first kappa shape index (κ1) is 14.1. The molecule has 2 heterocycles. The standard InChI is InChI=1S/C11H20N2OS.ClH/c1-11(3-4-12-9-11)10(14)13-5-2-7-15-8-6-13;/h12H,2-9H2,1H3;1H. The fourth-order valence-corrected chi connectivity index (χ4v) is 3.22. The summed E-state index contributed by atoms with van der Waals surface area (Å²) >= 11 is 1.97. The van der Waals surface area contributed by atoms with Crippen LogP contribution in [0.5, 0.6) is 0 Å². The van der Waals surface area contributed by atoms with Crippen LogP contribution in [-0.2, 0) is 4.79 Å². The molecule has 2 aliphatic rings. The largest absolute Gasteiger partial charge is 0.341 e. The van der Waals surface area contributed by atoms with Gasteiger partial charge < -0.3 is 10.2 Å². The summed E-state index contributed by atoms with van der Waals surface area (Å²) in [6.07, 6.45) is 2.15. The Morgan fingerprint density at radius 2 is 2.19 bits per heavy atom. The van der Waals surface area contributed by atoms with Gasteiger partial charge in [-0.1, -0.05) is 0 Å². The minimum Gasteiger partial charge on any atom is -0.341 e. The van der Waals surface area contributed by atoms with Crippen molar-refractivity contribution < 1.29 is 4.79 Å². The molecule has 0 bridgehead atoms. The fourth-order valence-electron chi connectivity index (χ4n) is 2.33. The summed E-state index contributed by atoms with van der Waals surface area (Å²) in [5.74, 6) is 2.68. The Labute approximate surface area is 108 Å². The van der Waals surface area contributed by atoms with E-state index < -0.39 is 0 Å². The molecule has 0 aromatic carbocycles. The van der Waals surface area contributed by atoms with Gasteiger partial charge in [-0.15, -0.1) is 12.4 Å². The van der Waals surface area contributed by atoms with Crippen LogP contribution in [0.3, 0.4) is 0 Å². The number of carbonyl (C=O) groups is 1. The molecule has 5 heteroatoms. The molecule has 0 aromatic heterocycles. The van der Waals surface area contributed by atoms with E-state index in [0.717, 1.165) is 44.8 Å². The molecule has 0 aromatic rings. The molecule has 0 aliphatic carbocycles. The summed E-state index contributed by atoms with van der Waals surface area (Å²) in [5, 5.41) is 3.30. The van der Waals surface area contributed by atoms with Crippen molar-refractivity contribution in [2.45, 2.75) is 19.8 Å². The lowest BCUT2D eigenvalue weighted by Crippen LogP contribution is -2.44. The van der Waals surface area contributed by atoms with E-state index >= 15 is 0 Å². The van der Waals surface area contributed by atoms with Crippen molar-refractivity contribution >= 4 is 30.1 Å². The van der Waals surface area contributed by atoms with Crippen LogP contribution in [-0.4, -0.2) is 48.5 Å². The molecule has 16 heavy (non-hydrogen) atoms. The second-order valence-electron chi connectivity index (χ2n) is 4.75. The van der Waals surface area contributed by atoms with E-state index in [4.69, 9.17) is 0 Å². The van der Waals surface area contributed by atoms with E-state index in [1.165, 1.54) is 5.75 Å². The molecule has 0 saturated carbocycles. The fraction of sp³-hybridized carbons (Fsp3) is 0.909. The van der Waals surface area contributed by atoms with Gasteiger partial charge in [0.05, 0.1) is 5.41 Å². The van der Waals surface area contributed by atoms with Gasteiger partial charge in [0, 0.05) is 25.4 Å². The van der Waals surface area contributed by atoms with Gasteiger partial charge in [0.25, 0.3) is 0 Å². The van der Waals surface area contributed by atoms with Crippen LogP contribution in [0.25, 0.3) is 0 Å². The van der Waals surface area contributed by atoms with Crippen molar-refractivity contribution in [2.24, 2.45) is 5.41 Å². The quantitative estimate of drug-likeness (QED) is 0.777. The van der Waals surface area contributed by atoms with Gasteiger partial charge in [-0.3, -0.25) is 4.79 Å². The van der Waals surface area contributed by atoms with E-state index in [1.807, 2.05) is 11.8 Å². The monoisotopic (exact) mass is 264 g/mol. The summed E-state index contributed by atoms with van der Waals surface area (Å²) in [6, 6.07) is 0. The molecule has 1 N–H and O–H groups in total. The molecule has 1 unspecified atom stereocenters. The zero-order valence-electron chi connectivity index (χ0n) is 9.83. The second kappa shape index (κ2) is 6.12. The molecule has 1 amide bonds. The summed E-state index contributed by atoms with van der Waals surface area (Å²) in [6.45, 7) is 5.86. The van der Waals surface area contributed by atoms with E-state index in [9.17, 15) is 4.79 Å². The van der Waals surface area contributed by atoms with E-state index in [2.05, 4.69) is 17.1 Å². The Morgan fingerprint density at radius 1 is 1.38 bits per heavy atom. The zero-order valence-corrected chi connectivity index (χ0v) is 11.5. The Bertz CT molecular complexity index is 236. The SMILES string of the molecule is CC1(C(=O)N2CCCSCC2)CCNC1.Cl. The van der Waals surface area contributed by atoms with Crippen LogP contribution >= 0.6 is 24.2 Å². The van der Waals surface area contributed by atoms with Gasteiger partial charge in [0.1, 0.15) is 0 Å². The van der Waals surface area contributed by atoms with Gasteiger partial charge in [0.15, 0.2) is 0 Å². The van der Waals surface area contributed by atoms with Gasteiger partial charge in [0.2, 0.25) is 5.91 Å². The Balaban J connectivity index is 0.00000128. The van der Waals surface area contributed by atoms with Crippen molar-refractivity contribution in [3.05, 3.63) is 0 Å². The van der Waals surface area contributed by atoms with Crippen LogP contribution in [0.15, 0.2) is 0 Å². The van der Waals surface area contributed by atoms with Crippen molar-refractivity contribution in [1.82, 2.24) is 10.2 Å². The maximum absolute atomic E-state index is 12.4. The Morgan fingerprint density at radius 3 is 2.88 bits per heavy atom. The number of nitrogens with one attached hydrogen (secondary N) is 1. The van der Waals surface area contributed by atoms with E-state index in [1.54, 1.807) is 0 Å². The highest BCUT2D eigenvalue weighted by molar-refractivity contribution is 7.99. The molecule has 3 nitrogen and oxygen atoms in total. The third-order valence-electron chi connectivity index (χ3n) is 3.39. The van der Waals surface area contributed by atoms with Crippen LogP contribution in [0.1, 0.15) is 19.8 Å². The molecule has 2 fully saturated rings. The van der Waals surface area contributed by atoms with Crippen molar-refractivity contribution in [1.29, 1.82) is 0 Å². The van der Waals surface area contributed by atoms with Gasteiger partial charge >= 0.3 is 0 Å². The smallest absolute Gasteiger partial charge is 0.229 e. The first-order valence-corrected chi connectivity index (χ1v) is 6.96. The first-order chi connectivity index (χ1) is 7.22. The minimum absolute atomic E-state index is 0. The first-order valence-electron chi connectivity index (χ1n) is 5.80. The normalized spacial score (nSPS) is 30.7. The third kappa shape index (κ3) is 3.05. The number of rotatable bonds is 1. The summed E-state index contributed by atoms with van der Waals surface area (Å²) < 4.78 is 0. The van der Waals surface area contributed by atoms with Crippen LogP contribution in [0, 0.1) is 5.41 Å². The van der Waals surface area contributed by atoms with Gasteiger partial charge in [-0.25, -0.2) is 0 Å². The molecule has 2 aliphatic heterocycles. The minimum atomic E-state index is -0.130. The second-order valence-corrected chi connectivity index (χ2v) is 5.97. The molecule has 2 rings (SSSR count). The van der Waals surface area contributed by atoms with Crippen LogP contribution < -0.4 is 5.32 Å². The number of halogens is 1. The third-order valence-corrected chi connectivity index (χ3v) is 4.44. The zero-order chi connectivity index (χ0) is 10.7. The maximum Gasteiger partial charge on any atom is 0.229 e. The lowest BCUT2D eigenvalue weighted by atomic mass is 9.88. The highest BCUT2D eigenvalue weighted by Crippen LogP contribution is 2.28. The average Bonchev–Trinajstić information content (AvgIpc) is 2.54. The van der Waals surface area contributed by atoms with Crippen LogP contribution in [0.4, 0.5) is 0 Å². The number of hydrogen-bond donors (Lipinski definition) is 1. The molecular formula is C11H21ClN2OS. The summed E-state index contributed by atoms with van der Waals surface area (Å²) in [5.41, 5.74) is -0.130. The lowest BCUT2D eigenvalue weighted by Gasteiger charge is -2.30. The molecule has 0 radical (unpaired) electrons. The molecule has 0 spiro atoms. The number of carbonyl (C=O) groups excluding carboxylic acids is 1. The predicted octanol–water partition coefficient (Wildman–Crippen LogP) is 1.37. The number of amides is 1. The Hall–Kier alpha value is 0.0700. The summed E-state index contributed by atoms with van der Waals surface area (Å²) in [7, 11) is 0. The molecular weight excluding hydrogens is 244 g/mol. The summed E-state index contributed by atoms with van der Waals surface area (Å²) in [4.78, 5) is 14.4. The van der Waals surface area contributed by atoms with Gasteiger partial charge in [-0.2, -0.15) is 11.8 Å². The Kier molecular flexibility index (Phi) is 5.41. The van der Waals surface area contributed by atoms with Crippen LogP contribution in [0.2, 0.25) is 0 Å². The van der Waals surface area contributed by atoms with E-state index in [0.29, 0.717) is 5.91 Å². The van der Waals surface area contributed by atoms with E-state index in [-0.39, 0.29) is 17.8 Å². The topological polar surface area (TPSA) is 32.3 Å². The lowest BCUT2D eigenvalue weighted by molar-refractivity contribution is -0.139. The number of thioether (sulfide) groups is 1. The number of nitrogens with zero attached hydrogens (tertiary/aromatic N) is 1. The molecule has 94 valence electrons. The van der Waals surface area contributed by atoms with Crippen molar-refractivity contribution in [3.8, 4) is 0 Å². The van der Waals surface area contributed by atoms with Crippen molar-refractivity contribution in [2.75, 3.05) is 37.7 Å².